The molecule has 1 aromatic heterocycles. The summed E-state index contributed by atoms with van der Waals surface area (Å²) in [4.78, 5) is 24.1. The minimum atomic E-state index is -0.573. The SMILES string of the molecule is NC(=O)C[C@H](NC(=O)c1cn[nH]c1-c1cccc(F)c1)c1ccccc1. The lowest BCUT2D eigenvalue weighted by atomic mass is 10.0. The van der Waals surface area contributed by atoms with Gasteiger partial charge in [0.25, 0.3) is 5.91 Å². The summed E-state index contributed by atoms with van der Waals surface area (Å²) in [6.45, 7) is 0. The summed E-state index contributed by atoms with van der Waals surface area (Å²) in [5.74, 6) is -1.39. The van der Waals surface area contributed by atoms with Crippen LogP contribution in [0.15, 0.2) is 60.8 Å². The molecule has 3 aromatic rings. The van der Waals surface area contributed by atoms with Gasteiger partial charge in [-0.25, -0.2) is 4.39 Å². The molecule has 0 bridgehead atoms. The standard InChI is InChI=1S/C19H17FN4O2/c20-14-8-4-7-13(9-14)18-15(11-22-24-18)19(26)23-16(10-17(21)25)12-5-2-1-3-6-12/h1-9,11,16H,10H2,(H2,21,25)(H,22,24)(H,23,26)/t16-/m0/s1. The number of amides is 2. The minimum Gasteiger partial charge on any atom is -0.370 e. The molecule has 0 aliphatic rings. The Labute approximate surface area is 149 Å². The van der Waals surface area contributed by atoms with E-state index in [1.54, 1.807) is 24.3 Å². The molecule has 0 fully saturated rings. The van der Waals surface area contributed by atoms with Crippen LogP contribution in [-0.4, -0.2) is 22.0 Å². The first kappa shape index (κ1) is 17.3. The van der Waals surface area contributed by atoms with Crippen molar-refractivity contribution < 1.29 is 14.0 Å². The lowest BCUT2D eigenvalue weighted by Gasteiger charge is -2.18. The Balaban J connectivity index is 1.87. The Hall–Kier alpha value is -3.48. The van der Waals surface area contributed by atoms with Crippen LogP contribution in [0.3, 0.4) is 0 Å². The van der Waals surface area contributed by atoms with E-state index in [4.69, 9.17) is 5.73 Å². The highest BCUT2D eigenvalue weighted by atomic mass is 19.1. The fourth-order valence-electron chi connectivity index (χ4n) is 2.70. The first-order chi connectivity index (χ1) is 12.5. The average molecular weight is 352 g/mol. The van der Waals surface area contributed by atoms with Crippen LogP contribution >= 0.6 is 0 Å². The molecule has 7 heteroatoms. The van der Waals surface area contributed by atoms with Gasteiger partial charge in [0.2, 0.25) is 5.91 Å². The van der Waals surface area contributed by atoms with E-state index in [9.17, 15) is 14.0 Å². The zero-order valence-corrected chi connectivity index (χ0v) is 13.8. The molecule has 3 rings (SSSR count). The highest BCUT2D eigenvalue weighted by molar-refractivity contribution is 6.00. The maximum atomic E-state index is 13.5. The normalized spacial score (nSPS) is 11.7. The molecule has 2 amide bonds. The zero-order valence-electron chi connectivity index (χ0n) is 13.8. The summed E-state index contributed by atoms with van der Waals surface area (Å²) >= 11 is 0. The van der Waals surface area contributed by atoms with Crippen molar-refractivity contribution >= 4 is 11.8 Å². The highest BCUT2D eigenvalue weighted by Gasteiger charge is 2.21. The quantitative estimate of drug-likeness (QED) is 0.635. The fraction of sp³-hybridized carbons (Fsp3) is 0.105. The van der Waals surface area contributed by atoms with Gasteiger partial charge in [0.15, 0.2) is 0 Å². The van der Waals surface area contributed by atoms with E-state index < -0.39 is 23.7 Å². The third kappa shape index (κ3) is 3.94. The van der Waals surface area contributed by atoms with Crippen LogP contribution in [-0.2, 0) is 4.79 Å². The topological polar surface area (TPSA) is 101 Å². The van der Waals surface area contributed by atoms with E-state index >= 15 is 0 Å². The van der Waals surface area contributed by atoms with E-state index in [-0.39, 0.29) is 12.0 Å². The summed E-state index contributed by atoms with van der Waals surface area (Å²) in [5.41, 5.74) is 7.22. The second kappa shape index (κ2) is 7.60. The number of hydrogen-bond acceptors (Lipinski definition) is 3. The molecule has 0 aliphatic carbocycles. The molecule has 1 atom stereocenters. The van der Waals surface area contributed by atoms with E-state index in [1.807, 2.05) is 18.2 Å². The molecule has 0 unspecified atom stereocenters. The number of carbonyl (C=O) groups is 2. The molecule has 4 N–H and O–H groups in total. The van der Waals surface area contributed by atoms with Gasteiger partial charge in [0.05, 0.1) is 29.9 Å². The lowest BCUT2D eigenvalue weighted by molar-refractivity contribution is -0.118. The van der Waals surface area contributed by atoms with Gasteiger partial charge >= 0.3 is 0 Å². The summed E-state index contributed by atoms with van der Waals surface area (Å²) in [7, 11) is 0. The van der Waals surface area contributed by atoms with Gasteiger partial charge in [-0.15, -0.1) is 0 Å². The molecule has 0 spiro atoms. The summed E-state index contributed by atoms with van der Waals surface area (Å²) in [6.07, 6.45) is 1.32. The molecule has 26 heavy (non-hydrogen) atoms. The van der Waals surface area contributed by atoms with Gasteiger partial charge in [-0.2, -0.15) is 5.10 Å². The molecule has 0 saturated heterocycles. The van der Waals surface area contributed by atoms with Crippen molar-refractivity contribution in [2.75, 3.05) is 0 Å². The van der Waals surface area contributed by atoms with Crippen LogP contribution in [0.1, 0.15) is 28.4 Å². The number of aromatic nitrogens is 2. The highest BCUT2D eigenvalue weighted by Crippen LogP contribution is 2.23. The van der Waals surface area contributed by atoms with Crippen molar-refractivity contribution in [1.82, 2.24) is 15.5 Å². The third-order valence-electron chi connectivity index (χ3n) is 3.91. The Bertz CT molecular complexity index is 924. The number of carbonyl (C=O) groups excluding carboxylic acids is 2. The largest absolute Gasteiger partial charge is 0.370 e. The van der Waals surface area contributed by atoms with E-state index in [0.29, 0.717) is 11.3 Å². The maximum absolute atomic E-state index is 13.5. The van der Waals surface area contributed by atoms with Gasteiger partial charge < -0.3 is 11.1 Å². The van der Waals surface area contributed by atoms with Crippen molar-refractivity contribution in [2.24, 2.45) is 5.73 Å². The molecule has 0 aliphatic heterocycles. The first-order valence-electron chi connectivity index (χ1n) is 7.98. The Morgan fingerprint density at radius 1 is 1.15 bits per heavy atom. The number of nitrogens with one attached hydrogen (secondary N) is 2. The van der Waals surface area contributed by atoms with Crippen LogP contribution in [0.5, 0.6) is 0 Å². The third-order valence-corrected chi connectivity index (χ3v) is 3.91. The van der Waals surface area contributed by atoms with Crippen molar-refractivity contribution in [3.05, 3.63) is 77.7 Å². The van der Waals surface area contributed by atoms with Crippen molar-refractivity contribution in [2.45, 2.75) is 12.5 Å². The Morgan fingerprint density at radius 2 is 1.92 bits per heavy atom. The van der Waals surface area contributed by atoms with Gasteiger partial charge in [-0.3, -0.25) is 14.7 Å². The number of nitrogens with zero attached hydrogens (tertiary/aromatic N) is 1. The Morgan fingerprint density at radius 3 is 2.62 bits per heavy atom. The average Bonchev–Trinajstić information content (AvgIpc) is 3.11. The van der Waals surface area contributed by atoms with Crippen molar-refractivity contribution in [1.29, 1.82) is 0 Å². The summed E-state index contributed by atoms with van der Waals surface area (Å²) in [6, 6.07) is 14.3. The molecule has 6 nitrogen and oxygen atoms in total. The predicted molar refractivity (Wildman–Crippen MR) is 94.4 cm³/mol. The van der Waals surface area contributed by atoms with Crippen molar-refractivity contribution in [3.63, 3.8) is 0 Å². The van der Waals surface area contributed by atoms with Crippen LogP contribution in [0.25, 0.3) is 11.3 Å². The maximum Gasteiger partial charge on any atom is 0.255 e. The minimum absolute atomic E-state index is 0.0388. The number of hydrogen-bond donors (Lipinski definition) is 3. The molecule has 0 radical (unpaired) electrons. The smallest absolute Gasteiger partial charge is 0.255 e. The molecule has 1 heterocycles. The van der Waals surface area contributed by atoms with Crippen LogP contribution in [0, 0.1) is 5.82 Å². The van der Waals surface area contributed by atoms with E-state index in [2.05, 4.69) is 15.5 Å². The fourth-order valence-corrected chi connectivity index (χ4v) is 2.70. The number of benzene rings is 2. The predicted octanol–water partition coefficient (Wildman–Crippen LogP) is 2.56. The van der Waals surface area contributed by atoms with Gasteiger partial charge in [0.1, 0.15) is 5.82 Å². The molecular formula is C19H17FN4O2. The summed E-state index contributed by atoms with van der Waals surface area (Å²) < 4.78 is 13.5. The van der Waals surface area contributed by atoms with Gasteiger partial charge in [0, 0.05) is 5.56 Å². The van der Waals surface area contributed by atoms with Crippen LogP contribution in [0.2, 0.25) is 0 Å². The molecule has 0 saturated carbocycles. The van der Waals surface area contributed by atoms with Crippen LogP contribution < -0.4 is 11.1 Å². The van der Waals surface area contributed by atoms with Gasteiger partial charge in [-0.05, 0) is 17.7 Å². The molecular weight excluding hydrogens is 335 g/mol. The van der Waals surface area contributed by atoms with Crippen molar-refractivity contribution in [3.8, 4) is 11.3 Å². The molecule has 2 aromatic carbocycles. The first-order valence-corrected chi connectivity index (χ1v) is 7.98. The van der Waals surface area contributed by atoms with E-state index in [0.717, 1.165) is 5.56 Å². The second-order valence-electron chi connectivity index (χ2n) is 5.78. The second-order valence-corrected chi connectivity index (χ2v) is 5.78. The summed E-state index contributed by atoms with van der Waals surface area (Å²) in [5, 5.41) is 9.40. The number of nitrogens with two attached hydrogens (primary N) is 1. The number of H-pyrrole nitrogens is 1. The van der Waals surface area contributed by atoms with Crippen LogP contribution in [0.4, 0.5) is 4.39 Å². The Kier molecular flexibility index (Phi) is 5.07. The monoisotopic (exact) mass is 352 g/mol. The number of aromatic amines is 1. The number of primary amides is 1. The van der Waals surface area contributed by atoms with E-state index in [1.165, 1.54) is 18.3 Å². The zero-order chi connectivity index (χ0) is 18.5. The van der Waals surface area contributed by atoms with Gasteiger partial charge in [-0.1, -0.05) is 42.5 Å². The lowest BCUT2D eigenvalue weighted by Crippen LogP contribution is -2.31. The number of rotatable bonds is 6. The molecule has 132 valence electrons. The number of halogens is 1.